The van der Waals surface area contributed by atoms with E-state index in [1.165, 1.54) is 0 Å². The van der Waals surface area contributed by atoms with E-state index in [-0.39, 0.29) is 12.1 Å². The molecule has 130 valence electrons. The molecule has 0 radical (unpaired) electrons. The number of benzene rings is 1. The molecule has 0 unspecified atom stereocenters. The van der Waals surface area contributed by atoms with Gasteiger partial charge in [0.15, 0.2) is 11.5 Å². The van der Waals surface area contributed by atoms with Gasteiger partial charge in [0.25, 0.3) is 0 Å². The number of hydrogen-bond acceptors (Lipinski definition) is 4. The summed E-state index contributed by atoms with van der Waals surface area (Å²) in [6, 6.07) is 12.4. The third kappa shape index (κ3) is 3.88. The number of rotatable bonds is 6. The average molecular weight is 339 g/mol. The lowest BCUT2D eigenvalue weighted by atomic mass is 10.1. The van der Waals surface area contributed by atoms with Crippen LogP contribution in [0.2, 0.25) is 0 Å². The predicted molar refractivity (Wildman–Crippen MR) is 95.8 cm³/mol. The van der Waals surface area contributed by atoms with E-state index >= 15 is 0 Å². The van der Waals surface area contributed by atoms with Gasteiger partial charge in [-0.25, -0.2) is 4.79 Å². The predicted octanol–water partition coefficient (Wildman–Crippen LogP) is 3.40. The Labute approximate surface area is 146 Å². The van der Waals surface area contributed by atoms with Crippen LogP contribution in [0.1, 0.15) is 31.6 Å². The molecule has 0 fully saturated rings. The third-order valence-electron chi connectivity index (χ3n) is 3.86. The molecule has 25 heavy (non-hydrogen) atoms. The van der Waals surface area contributed by atoms with Crippen LogP contribution in [-0.4, -0.2) is 27.7 Å². The Balaban J connectivity index is 1.76. The van der Waals surface area contributed by atoms with E-state index in [9.17, 15) is 4.79 Å². The first-order valence-electron chi connectivity index (χ1n) is 8.22. The molecule has 3 rings (SSSR count). The molecule has 0 aliphatic heterocycles. The maximum Gasteiger partial charge on any atom is 0.319 e. The number of fused-ring (bicyclic) bond motifs is 1. The summed E-state index contributed by atoms with van der Waals surface area (Å²) >= 11 is 0. The van der Waals surface area contributed by atoms with Gasteiger partial charge in [-0.05, 0) is 30.7 Å². The normalized spacial score (nSPS) is 11.9. The number of anilines is 1. The van der Waals surface area contributed by atoms with Gasteiger partial charge in [-0.1, -0.05) is 25.5 Å². The first-order chi connectivity index (χ1) is 12.2. The van der Waals surface area contributed by atoms with Crippen molar-refractivity contribution in [3.8, 4) is 5.75 Å². The highest BCUT2D eigenvalue weighted by Crippen LogP contribution is 2.19. The topological polar surface area (TPSA) is 80.5 Å². The smallest absolute Gasteiger partial charge is 0.319 e. The molecule has 0 aliphatic rings. The van der Waals surface area contributed by atoms with E-state index in [0.29, 0.717) is 11.4 Å². The monoisotopic (exact) mass is 339 g/mol. The van der Waals surface area contributed by atoms with Crippen molar-refractivity contribution in [1.29, 1.82) is 0 Å². The minimum atomic E-state index is -0.292. The van der Waals surface area contributed by atoms with Gasteiger partial charge in [-0.15, -0.1) is 10.2 Å². The van der Waals surface area contributed by atoms with Crippen molar-refractivity contribution in [3.63, 3.8) is 0 Å². The van der Waals surface area contributed by atoms with E-state index in [4.69, 9.17) is 4.74 Å². The second-order valence-electron chi connectivity index (χ2n) is 5.66. The van der Waals surface area contributed by atoms with Crippen molar-refractivity contribution in [1.82, 2.24) is 19.9 Å². The number of aromatic nitrogens is 3. The average Bonchev–Trinajstić information content (AvgIpc) is 3.05. The SMILES string of the molecule is CCC[C@H](NC(=O)Nc1cccc(OC)c1)c1nnc2ccccn12. The first-order valence-corrected chi connectivity index (χ1v) is 8.22. The van der Waals surface area contributed by atoms with Gasteiger partial charge in [0.2, 0.25) is 0 Å². The minimum Gasteiger partial charge on any atom is -0.497 e. The molecule has 7 nitrogen and oxygen atoms in total. The molecule has 7 heteroatoms. The number of carbonyl (C=O) groups excluding carboxylic acids is 1. The highest BCUT2D eigenvalue weighted by molar-refractivity contribution is 5.89. The fourth-order valence-corrected chi connectivity index (χ4v) is 2.68. The zero-order valence-electron chi connectivity index (χ0n) is 14.3. The quantitative estimate of drug-likeness (QED) is 0.721. The third-order valence-corrected chi connectivity index (χ3v) is 3.86. The van der Waals surface area contributed by atoms with E-state index in [1.807, 2.05) is 47.0 Å². The molecule has 0 saturated carbocycles. The summed E-state index contributed by atoms with van der Waals surface area (Å²) < 4.78 is 7.06. The molecule has 3 aromatic rings. The van der Waals surface area contributed by atoms with Crippen LogP contribution in [0, 0.1) is 0 Å². The van der Waals surface area contributed by atoms with Gasteiger partial charge in [0.1, 0.15) is 5.75 Å². The Morgan fingerprint density at radius 1 is 1.24 bits per heavy atom. The molecule has 2 N–H and O–H groups in total. The van der Waals surface area contributed by atoms with Gasteiger partial charge in [-0.3, -0.25) is 4.40 Å². The molecule has 0 spiro atoms. The molecule has 0 aliphatic carbocycles. The number of nitrogens with zero attached hydrogens (tertiary/aromatic N) is 3. The number of hydrogen-bond donors (Lipinski definition) is 2. The summed E-state index contributed by atoms with van der Waals surface area (Å²) in [4.78, 5) is 12.4. The Kier molecular flexibility index (Phi) is 5.13. The highest BCUT2D eigenvalue weighted by atomic mass is 16.5. The summed E-state index contributed by atoms with van der Waals surface area (Å²) in [6.07, 6.45) is 3.57. The summed E-state index contributed by atoms with van der Waals surface area (Å²) in [5.41, 5.74) is 1.42. The van der Waals surface area contributed by atoms with Crippen LogP contribution in [0.3, 0.4) is 0 Å². The van der Waals surface area contributed by atoms with Crippen LogP contribution in [0.5, 0.6) is 5.75 Å². The molecular formula is C18H21N5O2. The van der Waals surface area contributed by atoms with Crippen LogP contribution in [0.4, 0.5) is 10.5 Å². The van der Waals surface area contributed by atoms with Crippen molar-refractivity contribution >= 4 is 17.4 Å². The summed E-state index contributed by atoms with van der Waals surface area (Å²) in [7, 11) is 1.59. The summed E-state index contributed by atoms with van der Waals surface area (Å²) in [5, 5.41) is 14.2. The van der Waals surface area contributed by atoms with Crippen molar-refractivity contribution < 1.29 is 9.53 Å². The molecule has 2 aromatic heterocycles. The lowest BCUT2D eigenvalue weighted by Crippen LogP contribution is -2.33. The van der Waals surface area contributed by atoms with E-state index in [2.05, 4.69) is 27.8 Å². The Morgan fingerprint density at radius 3 is 2.92 bits per heavy atom. The van der Waals surface area contributed by atoms with E-state index < -0.39 is 0 Å². The zero-order chi connectivity index (χ0) is 17.6. The second kappa shape index (κ2) is 7.65. The number of methoxy groups -OCH3 is 1. The van der Waals surface area contributed by atoms with Crippen LogP contribution < -0.4 is 15.4 Å². The van der Waals surface area contributed by atoms with Gasteiger partial charge < -0.3 is 15.4 Å². The number of pyridine rings is 1. The van der Waals surface area contributed by atoms with Crippen molar-refractivity contribution in [2.24, 2.45) is 0 Å². The molecule has 2 heterocycles. The maximum atomic E-state index is 12.4. The van der Waals surface area contributed by atoms with E-state index in [0.717, 1.165) is 24.3 Å². The lowest BCUT2D eigenvalue weighted by molar-refractivity contribution is 0.247. The Bertz CT molecular complexity index is 861. The standard InChI is InChI=1S/C18H21N5O2/c1-3-7-15(17-22-21-16-10-4-5-11-23(16)17)20-18(24)19-13-8-6-9-14(12-13)25-2/h4-6,8-12,15H,3,7H2,1-2H3,(H2,19,20,24)/t15-/m0/s1. The molecule has 1 atom stereocenters. The molecule has 1 aromatic carbocycles. The maximum absolute atomic E-state index is 12.4. The van der Waals surface area contributed by atoms with Gasteiger partial charge in [-0.2, -0.15) is 0 Å². The largest absolute Gasteiger partial charge is 0.497 e. The molecule has 0 saturated heterocycles. The first kappa shape index (κ1) is 16.8. The summed E-state index contributed by atoms with van der Waals surface area (Å²) in [5.74, 6) is 1.41. The van der Waals surface area contributed by atoms with Crippen molar-refractivity contribution in [3.05, 3.63) is 54.5 Å². The molecule has 0 bridgehead atoms. The number of ether oxygens (including phenoxy) is 1. The lowest BCUT2D eigenvalue weighted by Gasteiger charge is -2.17. The van der Waals surface area contributed by atoms with Crippen molar-refractivity contribution in [2.75, 3.05) is 12.4 Å². The van der Waals surface area contributed by atoms with Crippen LogP contribution in [0.25, 0.3) is 5.65 Å². The van der Waals surface area contributed by atoms with Gasteiger partial charge >= 0.3 is 6.03 Å². The molecule has 2 amide bonds. The van der Waals surface area contributed by atoms with E-state index in [1.54, 1.807) is 13.2 Å². The second-order valence-corrected chi connectivity index (χ2v) is 5.66. The number of carbonyl (C=O) groups is 1. The fraction of sp³-hybridized carbons (Fsp3) is 0.278. The molecular weight excluding hydrogens is 318 g/mol. The van der Waals surface area contributed by atoms with Gasteiger partial charge in [0, 0.05) is 18.0 Å². The van der Waals surface area contributed by atoms with Crippen LogP contribution >= 0.6 is 0 Å². The number of nitrogens with one attached hydrogen (secondary N) is 2. The van der Waals surface area contributed by atoms with Crippen molar-refractivity contribution in [2.45, 2.75) is 25.8 Å². The summed E-state index contributed by atoms with van der Waals surface area (Å²) in [6.45, 7) is 2.07. The van der Waals surface area contributed by atoms with Gasteiger partial charge in [0.05, 0.1) is 13.2 Å². The van der Waals surface area contributed by atoms with Crippen LogP contribution in [0.15, 0.2) is 48.7 Å². The Morgan fingerprint density at radius 2 is 2.12 bits per heavy atom. The number of urea groups is 1. The Hall–Kier alpha value is -3.09. The fourth-order valence-electron chi connectivity index (χ4n) is 2.68. The minimum absolute atomic E-state index is 0.229. The number of amides is 2. The highest BCUT2D eigenvalue weighted by Gasteiger charge is 2.19. The van der Waals surface area contributed by atoms with Crippen LogP contribution in [-0.2, 0) is 0 Å². The zero-order valence-corrected chi connectivity index (χ0v) is 14.3.